The summed E-state index contributed by atoms with van der Waals surface area (Å²) in [6, 6.07) is 16.0. The molecule has 0 saturated carbocycles. The van der Waals surface area contributed by atoms with E-state index in [0.717, 1.165) is 17.0 Å². The molecule has 0 unspecified atom stereocenters. The Bertz CT molecular complexity index is 671. The van der Waals surface area contributed by atoms with Gasteiger partial charge in [0.2, 0.25) is 0 Å². The molecule has 0 aliphatic rings. The zero-order valence-corrected chi connectivity index (χ0v) is 15.0. The van der Waals surface area contributed by atoms with Gasteiger partial charge in [0.15, 0.2) is 0 Å². The molecular weight excluding hydrogens is 320 g/mol. The Morgan fingerprint density at radius 3 is 1.67 bits per heavy atom. The fourth-order valence-corrected chi connectivity index (χ4v) is 2.89. The second kappa shape index (κ2) is 8.79. The quantitative estimate of drug-likeness (QED) is 0.629. The third-order valence-corrected chi connectivity index (χ3v) is 4.51. The van der Waals surface area contributed by atoms with Crippen molar-refractivity contribution in [2.75, 3.05) is 0 Å². The van der Waals surface area contributed by atoms with Gasteiger partial charge in [-0.2, -0.15) is 0 Å². The second-order valence-corrected chi connectivity index (χ2v) is 6.45. The summed E-state index contributed by atoms with van der Waals surface area (Å²) in [5.74, 6) is -0.429. The van der Waals surface area contributed by atoms with E-state index in [0.29, 0.717) is 19.3 Å². The van der Waals surface area contributed by atoms with Crippen molar-refractivity contribution in [3.63, 3.8) is 0 Å². The Morgan fingerprint density at radius 1 is 0.792 bits per heavy atom. The molecule has 0 saturated heterocycles. The lowest BCUT2D eigenvalue weighted by Gasteiger charge is -2.13. The third kappa shape index (κ3) is 5.04. The van der Waals surface area contributed by atoms with Gasteiger partial charge in [-0.3, -0.25) is 9.59 Å². The number of halogens is 1. The summed E-state index contributed by atoms with van der Waals surface area (Å²) >= 11 is 5.90. The van der Waals surface area contributed by atoms with Crippen LogP contribution in [0.5, 0.6) is 0 Å². The molecule has 3 heteroatoms. The van der Waals surface area contributed by atoms with E-state index in [9.17, 15) is 9.59 Å². The summed E-state index contributed by atoms with van der Waals surface area (Å²) < 4.78 is 0. The molecule has 2 aromatic carbocycles. The van der Waals surface area contributed by atoms with Crippen LogP contribution in [0, 0.1) is 5.92 Å². The van der Waals surface area contributed by atoms with Crippen molar-refractivity contribution in [1.82, 2.24) is 0 Å². The normalized spacial score (nSPS) is 10.8. The summed E-state index contributed by atoms with van der Waals surface area (Å²) in [5.41, 5.74) is 3.43. The lowest BCUT2D eigenvalue weighted by atomic mass is 9.88. The minimum Gasteiger partial charge on any atom is -0.299 e. The van der Waals surface area contributed by atoms with Crippen LogP contribution in [0.4, 0.5) is 0 Å². The van der Waals surface area contributed by atoms with Crippen LogP contribution in [-0.4, -0.2) is 11.6 Å². The molecular formula is C21H23ClO2. The number of benzene rings is 2. The molecule has 0 heterocycles. The smallest absolute Gasteiger partial charge is 0.143 e. The predicted octanol–water partition coefficient (Wildman–Crippen LogP) is 5.05. The zero-order chi connectivity index (χ0) is 17.5. The first-order valence-corrected chi connectivity index (χ1v) is 8.79. The van der Waals surface area contributed by atoms with Crippen molar-refractivity contribution >= 4 is 23.2 Å². The highest BCUT2D eigenvalue weighted by Gasteiger charge is 2.23. The van der Waals surface area contributed by atoms with E-state index in [4.69, 9.17) is 11.6 Å². The van der Waals surface area contributed by atoms with Gasteiger partial charge in [-0.15, -0.1) is 0 Å². The highest BCUT2D eigenvalue weighted by molar-refractivity contribution is 6.30. The Labute approximate surface area is 148 Å². The van der Waals surface area contributed by atoms with Gasteiger partial charge < -0.3 is 0 Å². The standard InChI is InChI=1S/C21H23ClO2/c1-3-20(23)19(21(24)4-2)14-17-7-5-15(6-8-17)13-16-9-11-18(22)12-10-16/h5-12,19H,3-4,13-14H2,1-2H3. The van der Waals surface area contributed by atoms with Gasteiger partial charge in [0.1, 0.15) is 11.6 Å². The van der Waals surface area contributed by atoms with Crippen LogP contribution in [0.2, 0.25) is 5.02 Å². The number of Topliss-reactive ketones (excluding diaryl/α,β-unsaturated/α-hetero) is 2. The van der Waals surface area contributed by atoms with Crippen LogP contribution >= 0.6 is 11.6 Å². The van der Waals surface area contributed by atoms with Crippen LogP contribution in [0.15, 0.2) is 48.5 Å². The van der Waals surface area contributed by atoms with Crippen molar-refractivity contribution in [2.45, 2.75) is 39.5 Å². The third-order valence-electron chi connectivity index (χ3n) is 4.26. The monoisotopic (exact) mass is 342 g/mol. The predicted molar refractivity (Wildman–Crippen MR) is 98.5 cm³/mol. The lowest BCUT2D eigenvalue weighted by Crippen LogP contribution is -2.25. The molecule has 0 amide bonds. The minimum absolute atomic E-state index is 0.0343. The highest BCUT2D eigenvalue weighted by Crippen LogP contribution is 2.17. The van der Waals surface area contributed by atoms with Crippen molar-refractivity contribution in [2.24, 2.45) is 5.92 Å². The number of carbonyl (C=O) groups is 2. The molecule has 126 valence electrons. The molecule has 0 bridgehead atoms. The number of hydrogen-bond donors (Lipinski definition) is 0. The Morgan fingerprint density at radius 2 is 1.21 bits per heavy atom. The molecule has 0 fully saturated rings. The van der Waals surface area contributed by atoms with Crippen LogP contribution in [0.25, 0.3) is 0 Å². The fourth-order valence-electron chi connectivity index (χ4n) is 2.77. The number of ketones is 2. The van der Waals surface area contributed by atoms with Crippen LogP contribution in [-0.2, 0) is 22.4 Å². The van der Waals surface area contributed by atoms with E-state index in [-0.39, 0.29) is 11.6 Å². The lowest BCUT2D eigenvalue weighted by molar-refractivity contribution is -0.132. The van der Waals surface area contributed by atoms with Crippen molar-refractivity contribution < 1.29 is 9.59 Å². The van der Waals surface area contributed by atoms with E-state index in [1.54, 1.807) is 0 Å². The molecule has 2 rings (SSSR count). The molecule has 0 N–H and O–H groups in total. The molecule has 0 radical (unpaired) electrons. The molecule has 0 aliphatic heterocycles. The maximum atomic E-state index is 12.0. The first-order chi connectivity index (χ1) is 11.5. The van der Waals surface area contributed by atoms with Crippen LogP contribution < -0.4 is 0 Å². The molecule has 0 atom stereocenters. The van der Waals surface area contributed by atoms with Crippen molar-refractivity contribution in [1.29, 1.82) is 0 Å². The summed E-state index contributed by atoms with van der Waals surface area (Å²) in [6.07, 6.45) is 2.15. The van der Waals surface area contributed by atoms with Gasteiger partial charge in [-0.25, -0.2) is 0 Å². The SMILES string of the molecule is CCC(=O)C(Cc1ccc(Cc2ccc(Cl)cc2)cc1)C(=O)CC. The highest BCUT2D eigenvalue weighted by atomic mass is 35.5. The van der Waals surface area contributed by atoms with Gasteiger partial charge in [-0.05, 0) is 41.7 Å². The van der Waals surface area contributed by atoms with E-state index in [1.807, 2.05) is 50.2 Å². The van der Waals surface area contributed by atoms with Gasteiger partial charge >= 0.3 is 0 Å². The summed E-state index contributed by atoms with van der Waals surface area (Å²) in [5, 5.41) is 0.737. The molecule has 0 aliphatic carbocycles. The summed E-state index contributed by atoms with van der Waals surface area (Å²) in [6.45, 7) is 3.63. The molecule has 2 aromatic rings. The Balaban J connectivity index is 2.06. The first kappa shape index (κ1) is 18.4. The van der Waals surface area contributed by atoms with Crippen molar-refractivity contribution in [3.8, 4) is 0 Å². The van der Waals surface area contributed by atoms with E-state index in [2.05, 4.69) is 12.1 Å². The van der Waals surface area contributed by atoms with E-state index >= 15 is 0 Å². The topological polar surface area (TPSA) is 34.1 Å². The average molecular weight is 343 g/mol. The van der Waals surface area contributed by atoms with Gasteiger partial charge in [0, 0.05) is 17.9 Å². The molecule has 2 nitrogen and oxygen atoms in total. The maximum Gasteiger partial charge on any atom is 0.143 e. The maximum absolute atomic E-state index is 12.0. The summed E-state index contributed by atoms with van der Waals surface area (Å²) in [7, 11) is 0. The average Bonchev–Trinajstić information content (AvgIpc) is 2.61. The van der Waals surface area contributed by atoms with Crippen LogP contribution in [0.1, 0.15) is 43.4 Å². The van der Waals surface area contributed by atoms with Gasteiger partial charge in [0.05, 0.1) is 5.92 Å². The Hall–Kier alpha value is -1.93. The minimum atomic E-state index is -0.498. The number of hydrogen-bond acceptors (Lipinski definition) is 2. The van der Waals surface area contributed by atoms with Crippen LogP contribution in [0.3, 0.4) is 0 Å². The van der Waals surface area contributed by atoms with Gasteiger partial charge in [0.25, 0.3) is 0 Å². The van der Waals surface area contributed by atoms with E-state index in [1.165, 1.54) is 11.1 Å². The Kier molecular flexibility index (Phi) is 6.74. The van der Waals surface area contributed by atoms with E-state index < -0.39 is 5.92 Å². The summed E-state index contributed by atoms with van der Waals surface area (Å²) in [4.78, 5) is 24.0. The largest absolute Gasteiger partial charge is 0.299 e. The molecule has 0 spiro atoms. The first-order valence-electron chi connectivity index (χ1n) is 8.41. The molecule has 0 aromatic heterocycles. The molecule has 24 heavy (non-hydrogen) atoms. The number of rotatable bonds is 8. The second-order valence-electron chi connectivity index (χ2n) is 6.02. The van der Waals surface area contributed by atoms with Gasteiger partial charge in [-0.1, -0.05) is 61.8 Å². The number of carbonyl (C=O) groups excluding carboxylic acids is 2. The fraction of sp³-hybridized carbons (Fsp3) is 0.333. The van der Waals surface area contributed by atoms with Crippen molar-refractivity contribution in [3.05, 3.63) is 70.2 Å². The zero-order valence-electron chi connectivity index (χ0n) is 14.2.